The fourth-order valence-electron chi connectivity index (χ4n) is 4.81. The molecule has 0 spiro atoms. The normalized spacial score (nSPS) is 15.5. The molecule has 0 saturated carbocycles. The van der Waals surface area contributed by atoms with Crippen molar-refractivity contribution in [1.29, 1.82) is 0 Å². The molecule has 0 aromatic heterocycles. The molecule has 1 N–H and O–H groups in total. The third-order valence-electron chi connectivity index (χ3n) is 6.83. The van der Waals surface area contributed by atoms with Gasteiger partial charge in [0.1, 0.15) is 5.75 Å². The minimum atomic E-state index is -4.67. The molecule has 1 atom stereocenters. The highest BCUT2D eigenvalue weighted by molar-refractivity contribution is 6.28. The molecule has 42 heavy (non-hydrogen) atoms. The topological polar surface area (TPSA) is 89.5 Å². The number of amides is 2. The predicted octanol–water partition coefficient (Wildman–Crippen LogP) is 6.23. The van der Waals surface area contributed by atoms with Crippen molar-refractivity contribution in [1.82, 2.24) is 0 Å². The van der Waals surface area contributed by atoms with Crippen LogP contribution in [0.15, 0.2) is 96.0 Å². The maximum absolute atomic E-state index is 14.1. The van der Waals surface area contributed by atoms with E-state index in [1.165, 1.54) is 18.1 Å². The van der Waals surface area contributed by atoms with Crippen LogP contribution >= 0.6 is 0 Å². The molecule has 212 valence electrons. The summed E-state index contributed by atoms with van der Waals surface area (Å²) in [4.78, 5) is 34.1. The summed E-state index contributed by atoms with van der Waals surface area (Å²) in [7, 11) is 1.51. The Kier molecular flexibility index (Phi) is 6.77. The number of hydrogen-bond acceptors (Lipinski definition) is 6. The Morgan fingerprint density at radius 3 is 2.45 bits per heavy atom. The Morgan fingerprint density at radius 1 is 0.929 bits per heavy atom. The number of anilines is 2. The molecule has 8 nitrogen and oxygen atoms in total. The van der Waals surface area contributed by atoms with Crippen molar-refractivity contribution in [2.75, 3.05) is 24.1 Å². The van der Waals surface area contributed by atoms with Crippen LogP contribution in [0.5, 0.6) is 17.2 Å². The Bertz CT molecular complexity index is 1720. The molecule has 4 aromatic rings. The quantitative estimate of drug-likeness (QED) is 0.306. The monoisotopic (exact) mass is 573 g/mol. The third kappa shape index (κ3) is 5.00. The lowest BCUT2D eigenvalue weighted by Crippen LogP contribution is -2.54. The first kappa shape index (κ1) is 26.9. The zero-order valence-electron chi connectivity index (χ0n) is 22.0. The fraction of sp³-hybridized carbons (Fsp3) is 0.129. The number of methoxy groups -OCH3 is 1. The van der Waals surface area contributed by atoms with Gasteiger partial charge in [0.05, 0.1) is 29.8 Å². The minimum Gasteiger partial charge on any atom is -0.497 e. The van der Waals surface area contributed by atoms with Gasteiger partial charge in [0.25, 0.3) is 11.8 Å². The maximum atomic E-state index is 14.1. The predicted molar refractivity (Wildman–Crippen MR) is 149 cm³/mol. The third-order valence-corrected chi connectivity index (χ3v) is 6.83. The smallest absolute Gasteiger partial charge is 0.416 e. The Labute approximate surface area is 238 Å². The van der Waals surface area contributed by atoms with Crippen LogP contribution < -0.4 is 24.4 Å². The van der Waals surface area contributed by atoms with E-state index in [0.29, 0.717) is 34.2 Å². The second-order valence-corrected chi connectivity index (χ2v) is 9.43. The standard InChI is InChI=1S/C31H22F3N3O5/c1-40-22-12-10-21(11-13-22)35-29(38)28-27(18-9-14-25-26(16-18)42-17-41-25)36-23-7-2-3-8-24(23)37(28)30(39)19-5-4-6-20(15-19)31(32,33)34/h2-16,28H,17H2,1H3,(H,35,38). The van der Waals surface area contributed by atoms with Gasteiger partial charge in [-0.3, -0.25) is 14.5 Å². The second-order valence-electron chi connectivity index (χ2n) is 9.43. The van der Waals surface area contributed by atoms with Crippen LogP contribution in [0.4, 0.5) is 30.2 Å². The van der Waals surface area contributed by atoms with E-state index >= 15 is 0 Å². The van der Waals surface area contributed by atoms with Gasteiger partial charge < -0.3 is 19.5 Å². The van der Waals surface area contributed by atoms with E-state index < -0.39 is 29.6 Å². The number of fused-ring (bicyclic) bond motifs is 2. The molecule has 1 unspecified atom stereocenters. The van der Waals surface area contributed by atoms with Crippen LogP contribution in [-0.4, -0.2) is 37.5 Å². The molecule has 4 aromatic carbocycles. The molecule has 2 aliphatic rings. The fourth-order valence-corrected chi connectivity index (χ4v) is 4.81. The summed E-state index contributed by atoms with van der Waals surface area (Å²) in [6.07, 6.45) is -4.67. The molecule has 0 aliphatic carbocycles. The van der Waals surface area contributed by atoms with Crippen molar-refractivity contribution in [2.45, 2.75) is 12.2 Å². The van der Waals surface area contributed by atoms with Gasteiger partial charge in [0.2, 0.25) is 6.79 Å². The highest BCUT2D eigenvalue weighted by atomic mass is 19.4. The molecule has 0 bridgehead atoms. The van der Waals surface area contributed by atoms with Crippen molar-refractivity contribution in [2.24, 2.45) is 4.99 Å². The van der Waals surface area contributed by atoms with E-state index in [-0.39, 0.29) is 23.8 Å². The van der Waals surface area contributed by atoms with Gasteiger partial charge in [-0.2, -0.15) is 13.2 Å². The summed E-state index contributed by atoms with van der Waals surface area (Å²) < 4.78 is 56.8. The summed E-state index contributed by atoms with van der Waals surface area (Å²) in [6.45, 7) is 0.0234. The second kappa shape index (κ2) is 10.6. The van der Waals surface area contributed by atoms with Crippen molar-refractivity contribution < 1.29 is 37.0 Å². The Morgan fingerprint density at radius 2 is 1.69 bits per heavy atom. The highest BCUT2D eigenvalue weighted by Crippen LogP contribution is 2.40. The zero-order valence-corrected chi connectivity index (χ0v) is 22.0. The summed E-state index contributed by atoms with van der Waals surface area (Å²) >= 11 is 0. The largest absolute Gasteiger partial charge is 0.497 e. The van der Waals surface area contributed by atoms with E-state index in [2.05, 4.69) is 5.32 Å². The number of ether oxygens (including phenoxy) is 3. The van der Waals surface area contributed by atoms with Crippen LogP contribution in [0, 0.1) is 0 Å². The lowest BCUT2D eigenvalue weighted by molar-refractivity contribution is -0.137. The number of para-hydroxylation sites is 2. The zero-order chi connectivity index (χ0) is 29.4. The number of hydrogen-bond donors (Lipinski definition) is 1. The number of nitrogens with one attached hydrogen (secondary N) is 1. The number of rotatable bonds is 5. The summed E-state index contributed by atoms with van der Waals surface area (Å²) in [5, 5.41) is 2.81. The highest BCUT2D eigenvalue weighted by Gasteiger charge is 2.41. The van der Waals surface area contributed by atoms with Gasteiger partial charge in [-0.05, 0) is 72.8 Å². The molecule has 0 fully saturated rings. The first-order valence-electron chi connectivity index (χ1n) is 12.8. The van der Waals surface area contributed by atoms with Gasteiger partial charge in [-0.15, -0.1) is 0 Å². The Hall–Kier alpha value is -5.32. The molecule has 11 heteroatoms. The molecule has 2 aliphatic heterocycles. The summed E-state index contributed by atoms with van der Waals surface area (Å²) in [5.74, 6) is 0.0670. The summed E-state index contributed by atoms with van der Waals surface area (Å²) in [6, 6.07) is 20.9. The molecule has 0 radical (unpaired) electrons. The van der Waals surface area contributed by atoms with Gasteiger partial charge in [-0.25, -0.2) is 4.99 Å². The number of carbonyl (C=O) groups is 2. The van der Waals surface area contributed by atoms with Crippen molar-refractivity contribution in [3.05, 3.63) is 108 Å². The molecule has 6 rings (SSSR count). The lowest BCUT2D eigenvalue weighted by atomic mass is 9.95. The van der Waals surface area contributed by atoms with E-state index in [1.807, 2.05) is 0 Å². The number of alkyl halides is 3. The molecule has 2 amide bonds. The van der Waals surface area contributed by atoms with Gasteiger partial charge in [-0.1, -0.05) is 18.2 Å². The van der Waals surface area contributed by atoms with Crippen LogP contribution in [0.3, 0.4) is 0 Å². The van der Waals surface area contributed by atoms with E-state index in [0.717, 1.165) is 18.2 Å². The first-order chi connectivity index (χ1) is 20.2. The number of carbonyl (C=O) groups excluding carboxylic acids is 2. The minimum absolute atomic E-state index is 0.0234. The van der Waals surface area contributed by atoms with Crippen molar-refractivity contribution >= 4 is 34.6 Å². The number of aliphatic imine (C=N–C) groups is 1. The van der Waals surface area contributed by atoms with Crippen LogP contribution in [0.1, 0.15) is 21.5 Å². The van der Waals surface area contributed by atoms with Crippen LogP contribution in [0.25, 0.3) is 0 Å². The van der Waals surface area contributed by atoms with E-state index in [4.69, 9.17) is 19.2 Å². The average molecular weight is 574 g/mol. The van der Waals surface area contributed by atoms with Crippen LogP contribution in [0.2, 0.25) is 0 Å². The average Bonchev–Trinajstić information content (AvgIpc) is 3.48. The first-order valence-corrected chi connectivity index (χ1v) is 12.8. The molecule has 0 saturated heterocycles. The number of halogens is 3. The van der Waals surface area contributed by atoms with Crippen LogP contribution in [-0.2, 0) is 11.0 Å². The number of benzene rings is 4. The van der Waals surface area contributed by atoms with E-state index in [9.17, 15) is 22.8 Å². The Balaban J connectivity index is 1.49. The molecular weight excluding hydrogens is 551 g/mol. The maximum Gasteiger partial charge on any atom is 0.416 e. The lowest BCUT2D eigenvalue weighted by Gasteiger charge is -2.36. The van der Waals surface area contributed by atoms with Crippen molar-refractivity contribution in [3.8, 4) is 17.2 Å². The van der Waals surface area contributed by atoms with E-state index in [1.54, 1.807) is 66.7 Å². The SMILES string of the molecule is COc1ccc(NC(=O)C2C(c3ccc4c(c3)OCO4)=Nc3ccccc3N2C(=O)c2cccc(C(F)(F)F)c2)cc1. The summed E-state index contributed by atoms with van der Waals surface area (Å²) in [5.41, 5.74) is 0.467. The van der Waals surface area contributed by atoms with Gasteiger partial charge in [0, 0.05) is 16.8 Å². The molecular formula is C31H22F3N3O5. The van der Waals surface area contributed by atoms with Crippen molar-refractivity contribution in [3.63, 3.8) is 0 Å². The molecule has 2 heterocycles. The van der Waals surface area contributed by atoms with Gasteiger partial charge in [0.15, 0.2) is 17.5 Å². The van der Waals surface area contributed by atoms with Gasteiger partial charge >= 0.3 is 6.18 Å². The number of nitrogens with zero attached hydrogens (tertiary/aromatic N) is 2.